The third kappa shape index (κ3) is 2.18. The van der Waals surface area contributed by atoms with Crippen molar-refractivity contribution < 1.29 is 9.90 Å². The summed E-state index contributed by atoms with van der Waals surface area (Å²) >= 11 is 3.52. The Morgan fingerprint density at radius 3 is 2.91 bits per heavy atom. The average molecular weight is 372 g/mol. The van der Waals surface area contributed by atoms with Crippen LogP contribution in [0.2, 0.25) is 0 Å². The highest BCUT2D eigenvalue weighted by Gasteiger charge is 2.14. The summed E-state index contributed by atoms with van der Waals surface area (Å²) in [7, 11) is 0. The SMILES string of the molecule is Cc1ccc2c(n1)c(Br)cc1nc(-n3cc(C(=O)O)cn3)[nH]c12. The highest BCUT2D eigenvalue weighted by molar-refractivity contribution is 9.10. The molecule has 0 spiro atoms. The lowest BCUT2D eigenvalue weighted by Crippen LogP contribution is -1.97. The largest absolute Gasteiger partial charge is 0.478 e. The molecular weight excluding hydrogens is 362 g/mol. The minimum atomic E-state index is -1.03. The van der Waals surface area contributed by atoms with Crippen molar-refractivity contribution >= 4 is 43.8 Å². The van der Waals surface area contributed by atoms with Gasteiger partial charge in [-0.15, -0.1) is 0 Å². The lowest BCUT2D eigenvalue weighted by Gasteiger charge is -2.02. The van der Waals surface area contributed by atoms with E-state index in [0.717, 1.165) is 32.1 Å². The molecule has 0 radical (unpaired) electrons. The number of imidazole rings is 1. The number of aromatic amines is 1. The zero-order valence-corrected chi connectivity index (χ0v) is 13.5. The second-order valence-corrected chi connectivity index (χ2v) is 5.99. The van der Waals surface area contributed by atoms with Gasteiger partial charge in [-0.25, -0.2) is 14.5 Å². The summed E-state index contributed by atoms with van der Waals surface area (Å²) in [6.45, 7) is 1.94. The molecule has 1 aromatic carbocycles. The van der Waals surface area contributed by atoms with Crippen LogP contribution in [0.1, 0.15) is 16.1 Å². The van der Waals surface area contributed by atoms with Crippen molar-refractivity contribution in [2.24, 2.45) is 0 Å². The molecule has 0 unspecified atom stereocenters. The lowest BCUT2D eigenvalue weighted by atomic mass is 10.1. The van der Waals surface area contributed by atoms with E-state index in [4.69, 9.17) is 5.11 Å². The standard InChI is InChI=1S/C15H10BrN5O2/c1-7-2-3-9-12(18-7)10(16)4-11-13(9)20-15(19-11)21-6-8(5-17-21)14(22)23/h2-6H,1H3,(H,19,20)(H,22,23). The van der Waals surface area contributed by atoms with Crippen LogP contribution in [0.5, 0.6) is 0 Å². The predicted molar refractivity (Wildman–Crippen MR) is 87.9 cm³/mol. The van der Waals surface area contributed by atoms with Crippen molar-refractivity contribution in [1.82, 2.24) is 24.7 Å². The van der Waals surface area contributed by atoms with Gasteiger partial charge in [0.15, 0.2) is 0 Å². The van der Waals surface area contributed by atoms with E-state index < -0.39 is 5.97 Å². The summed E-state index contributed by atoms with van der Waals surface area (Å²) in [6, 6.07) is 5.80. The van der Waals surface area contributed by atoms with Crippen molar-refractivity contribution in [2.75, 3.05) is 0 Å². The van der Waals surface area contributed by atoms with Crippen molar-refractivity contribution in [3.8, 4) is 5.95 Å². The zero-order chi connectivity index (χ0) is 16.1. The first kappa shape index (κ1) is 13.9. The second-order valence-electron chi connectivity index (χ2n) is 5.14. The fourth-order valence-corrected chi connectivity index (χ4v) is 2.99. The molecule has 4 rings (SSSR count). The Bertz CT molecular complexity index is 1080. The summed E-state index contributed by atoms with van der Waals surface area (Å²) in [6.07, 6.45) is 2.70. The van der Waals surface area contributed by atoms with Gasteiger partial charge in [-0.2, -0.15) is 5.10 Å². The first-order valence-electron chi connectivity index (χ1n) is 6.77. The molecule has 0 fully saturated rings. The molecule has 0 bridgehead atoms. The monoisotopic (exact) mass is 371 g/mol. The fraction of sp³-hybridized carbons (Fsp3) is 0.0667. The van der Waals surface area contributed by atoms with E-state index in [9.17, 15) is 4.79 Å². The van der Waals surface area contributed by atoms with Crippen molar-refractivity contribution in [1.29, 1.82) is 0 Å². The molecule has 2 N–H and O–H groups in total. The summed E-state index contributed by atoms with van der Waals surface area (Å²) in [4.78, 5) is 23.2. The van der Waals surface area contributed by atoms with Gasteiger partial charge in [0.25, 0.3) is 0 Å². The number of hydrogen-bond donors (Lipinski definition) is 2. The second kappa shape index (κ2) is 4.88. The Hall–Kier alpha value is -2.74. The van der Waals surface area contributed by atoms with E-state index in [-0.39, 0.29) is 5.56 Å². The van der Waals surface area contributed by atoms with E-state index in [2.05, 4.69) is 36.0 Å². The number of hydrogen-bond acceptors (Lipinski definition) is 4. The molecule has 3 aromatic heterocycles. The van der Waals surface area contributed by atoms with Crippen LogP contribution in [-0.4, -0.2) is 35.8 Å². The number of benzene rings is 1. The zero-order valence-electron chi connectivity index (χ0n) is 11.9. The van der Waals surface area contributed by atoms with Gasteiger partial charge in [0, 0.05) is 21.7 Å². The van der Waals surface area contributed by atoms with Crippen LogP contribution in [0, 0.1) is 6.92 Å². The average Bonchev–Trinajstić information content (AvgIpc) is 3.13. The van der Waals surface area contributed by atoms with E-state index >= 15 is 0 Å². The normalized spacial score (nSPS) is 11.4. The predicted octanol–water partition coefficient (Wildman–Crippen LogP) is 3.07. The highest BCUT2D eigenvalue weighted by atomic mass is 79.9. The highest BCUT2D eigenvalue weighted by Crippen LogP contribution is 2.30. The topological polar surface area (TPSA) is 96.7 Å². The maximum atomic E-state index is 11.0. The molecule has 0 aliphatic carbocycles. The van der Waals surface area contributed by atoms with E-state index in [1.807, 2.05) is 25.1 Å². The number of carboxylic acids is 1. The molecule has 0 amide bonds. The van der Waals surface area contributed by atoms with Gasteiger partial charge in [-0.05, 0) is 41.1 Å². The number of carbonyl (C=O) groups is 1. The van der Waals surface area contributed by atoms with Gasteiger partial charge in [0.1, 0.15) is 0 Å². The number of carboxylic acid groups (broad SMARTS) is 1. The van der Waals surface area contributed by atoms with Crippen LogP contribution >= 0.6 is 15.9 Å². The van der Waals surface area contributed by atoms with Crippen LogP contribution in [0.3, 0.4) is 0 Å². The fourth-order valence-electron chi connectivity index (χ4n) is 2.47. The molecule has 4 aromatic rings. The molecule has 23 heavy (non-hydrogen) atoms. The Morgan fingerprint density at radius 1 is 1.35 bits per heavy atom. The molecule has 0 aliphatic heterocycles. The maximum absolute atomic E-state index is 11.0. The minimum Gasteiger partial charge on any atom is -0.478 e. The number of nitrogens with zero attached hydrogens (tertiary/aromatic N) is 4. The van der Waals surface area contributed by atoms with E-state index in [1.165, 1.54) is 17.1 Å². The Labute approximate surface area is 138 Å². The number of aromatic carboxylic acids is 1. The van der Waals surface area contributed by atoms with Crippen LogP contribution in [0.15, 0.2) is 35.1 Å². The van der Waals surface area contributed by atoms with Gasteiger partial charge in [-0.3, -0.25) is 4.98 Å². The third-order valence-electron chi connectivity index (χ3n) is 3.56. The molecule has 0 atom stereocenters. The molecular formula is C15H10BrN5O2. The van der Waals surface area contributed by atoms with E-state index in [1.54, 1.807) is 0 Å². The molecule has 3 heterocycles. The summed E-state index contributed by atoms with van der Waals surface area (Å²) in [5.74, 6) is -0.576. The lowest BCUT2D eigenvalue weighted by molar-refractivity contribution is 0.0697. The van der Waals surface area contributed by atoms with Crippen LogP contribution in [-0.2, 0) is 0 Å². The number of nitrogens with one attached hydrogen (secondary N) is 1. The Morgan fingerprint density at radius 2 is 2.17 bits per heavy atom. The van der Waals surface area contributed by atoms with Crippen molar-refractivity contribution in [3.63, 3.8) is 0 Å². The number of aromatic nitrogens is 5. The number of halogens is 1. The number of rotatable bonds is 2. The molecule has 8 heteroatoms. The van der Waals surface area contributed by atoms with Crippen LogP contribution < -0.4 is 0 Å². The first-order chi connectivity index (χ1) is 11.0. The molecule has 0 saturated carbocycles. The minimum absolute atomic E-state index is 0.105. The third-order valence-corrected chi connectivity index (χ3v) is 4.16. The van der Waals surface area contributed by atoms with Gasteiger partial charge >= 0.3 is 5.97 Å². The molecule has 0 aliphatic rings. The number of aryl methyl sites for hydroxylation is 1. The summed E-state index contributed by atoms with van der Waals surface area (Å²) in [5.41, 5.74) is 3.46. The van der Waals surface area contributed by atoms with Gasteiger partial charge in [0.05, 0.1) is 28.3 Å². The summed E-state index contributed by atoms with van der Waals surface area (Å²) < 4.78 is 2.26. The quantitative estimate of drug-likeness (QED) is 0.564. The van der Waals surface area contributed by atoms with Crippen molar-refractivity contribution in [3.05, 3.63) is 46.3 Å². The smallest absolute Gasteiger partial charge is 0.338 e. The van der Waals surface area contributed by atoms with Crippen LogP contribution in [0.25, 0.3) is 27.9 Å². The van der Waals surface area contributed by atoms with Gasteiger partial charge in [-0.1, -0.05) is 0 Å². The number of pyridine rings is 1. The van der Waals surface area contributed by atoms with Crippen molar-refractivity contribution in [2.45, 2.75) is 6.92 Å². The Kier molecular flexibility index (Phi) is 2.95. The first-order valence-corrected chi connectivity index (χ1v) is 7.56. The van der Waals surface area contributed by atoms with Gasteiger partial charge in [0.2, 0.25) is 5.95 Å². The maximum Gasteiger partial charge on any atom is 0.338 e. The van der Waals surface area contributed by atoms with Crippen LogP contribution in [0.4, 0.5) is 0 Å². The molecule has 7 nitrogen and oxygen atoms in total. The molecule has 0 saturated heterocycles. The number of H-pyrrole nitrogens is 1. The molecule has 114 valence electrons. The van der Waals surface area contributed by atoms with E-state index in [0.29, 0.717) is 5.95 Å². The summed E-state index contributed by atoms with van der Waals surface area (Å²) in [5, 5.41) is 14.0. The number of fused-ring (bicyclic) bond motifs is 3. The van der Waals surface area contributed by atoms with Gasteiger partial charge < -0.3 is 10.1 Å². The Balaban J connectivity index is 1.96.